The van der Waals surface area contributed by atoms with E-state index < -0.39 is 28.9 Å². The van der Waals surface area contributed by atoms with Gasteiger partial charge in [0.2, 0.25) is 5.76 Å². The van der Waals surface area contributed by atoms with Crippen LogP contribution in [0.1, 0.15) is 17.9 Å². The van der Waals surface area contributed by atoms with Crippen molar-refractivity contribution in [3.63, 3.8) is 0 Å². The molecule has 1 aromatic heterocycles. The standard InChI is InChI=1S/C6H7F2NO4S/c1-14(10,11)12-3-4-2-5(6(7)8)13-9-4/h2,6H,3H2,1H3. The van der Waals surface area contributed by atoms with Crippen molar-refractivity contribution in [3.8, 4) is 0 Å². The van der Waals surface area contributed by atoms with Gasteiger partial charge in [-0.05, 0) is 0 Å². The molecule has 1 aromatic rings. The third-order valence-electron chi connectivity index (χ3n) is 1.21. The molecule has 1 rings (SSSR count). The van der Waals surface area contributed by atoms with Crippen LogP contribution in [0.3, 0.4) is 0 Å². The average Bonchev–Trinajstić information content (AvgIpc) is 2.47. The van der Waals surface area contributed by atoms with E-state index in [1.165, 1.54) is 0 Å². The van der Waals surface area contributed by atoms with E-state index in [4.69, 9.17) is 0 Å². The summed E-state index contributed by atoms with van der Waals surface area (Å²) in [5.74, 6) is -0.614. The molecule has 0 aliphatic rings. The number of halogens is 2. The van der Waals surface area contributed by atoms with Gasteiger partial charge in [0.1, 0.15) is 12.3 Å². The predicted molar refractivity (Wildman–Crippen MR) is 41.1 cm³/mol. The van der Waals surface area contributed by atoms with Gasteiger partial charge in [0.15, 0.2) is 0 Å². The summed E-state index contributed by atoms with van der Waals surface area (Å²) in [6.45, 7) is -0.408. The summed E-state index contributed by atoms with van der Waals surface area (Å²) in [6, 6.07) is 0.940. The highest BCUT2D eigenvalue weighted by Crippen LogP contribution is 2.19. The molecular formula is C6H7F2NO4S. The van der Waals surface area contributed by atoms with Crippen LogP contribution >= 0.6 is 0 Å². The Kier molecular flexibility index (Phi) is 3.17. The fourth-order valence-electron chi connectivity index (χ4n) is 0.667. The molecule has 0 radical (unpaired) electrons. The fraction of sp³-hybridized carbons (Fsp3) is 0.500. The highest BCUT2D eigenvalue weighted by Gasteiger charge is 2.15. The lowest BCUT2D eigenvalue weighted by Gasteiger charge is -1.94. The Morgan fingerprint density at radius 2 is 2.29 bits per heavy atom. The Morgan fingerprint density at radius 1 is 1.64 bits per heavy atom. The van der Waals surface area contributed by atoms with Gasteiger partial charge in [-0.25, -0.2) is 8.78 Å². The summed E-state index contributed by atoms with van der Waals surface area (Å²) in [5, 5.41) is 3.20. The van der Waals surface area contributed by atoms with Crippen LogP contribution < -0.4 is 0 Å². The van der Waals surface area contributed by atoms with E-state index in [1.807, 2.05) is 0 Å². The minimum Gasteiger partial charge on any atom is -0.355 e. The maximum absolute atomic E-state index is 12.0. The first-order chi connectivity index (χ1) is 6.38. The van der Waals surface area contributed by atoms with Crippen molar-refractivity contribution in [2.24, 2.45) is 0 Å². The third kappa shape index (κ3) is 3.38. The molecule has 5 nitrogen and oxygen atoms in total. The SMILES string of the molecule is CS(=O)(=O)OCc1cc(C(F)F)on1. The molecule has 0 aliphatic heterocycles. The highest BCUT2D eigenvalue weighted by atomic mass is 32.2. The van der Waals surface area contributed by atoms with Crippen molar-refractivity contribution >= 4 is 10.1 Å². The maximum atomic E-state index is 12.0. The Hall–Kier alpha value is -1.02. The first-order valence-electron chi connectivity index (χ1n) is 3.46. The molecule has 0 N–H and O–H groups in total. The van der Waals surface area contributed by atoms with Gasteiger partial charge in [-0.15, -0.1) is 0 Å². The van der Waals surface area contributed by atoms with E-state index in [0.29, 0.717) is 0 Å². The van der Waals surface area contributed by atoms with Crippen LogP contribution in [0.4, 0.5) is 8.78 Å². The molecule has 0 saturated heterocycles. The molecule has 0 aromatic carbocycles. The smallest absolute Gasteiger partial charge is 0.298 e. The van der Waals surface area contributed by atoms with E-state index in [1.54, 1.807) is 0 Å². The monoisotopic (exact) mass is 227 g/mol. The molecule has 0 atom stereocenters. The second kappa shape index (κ2) is 4.01. The van der Waals surface area contributed by atoms with E-state index in [2.05, 4.69) is 13.9 Å². The molecule has 14 heavy (non-hydrogen) atoms. The van der Waals surface area contributed by atoms with Gasteiger partial charge in [0.25, 0.3) is 16.5 Å². The Labute approximate surface area is 78.8 Å². The summed E-state index contributed by atoms with van der Waals surface area (Å²) in [5.41, 5.74) is 0.00530. The van der Waals surface area contributed by atoms with Crippen molar-refractivity contribution in [1.29, 1.82) is 0 Å². The van der Waals surface area contributed by atoms with Gasteiger partial charge in [0, 0.05) is 6.07 Å². The average molecular weight is 227 g/mol. The predicted octanol–water partition coefficient (Wildman–Crippen LogP) is 1.09. The lowest BCUT2D eigenvalue weighted by molar-refractivity contribution is 0.112. The Balaban J connectivity index is 2.61. The number of hydrogen-bond donors (Lipinski definition) is 0. The zero-order valence-corrected chi connectivity index (χ0v) is 7.92. The van der Waals surface area contributed by atoms with Crippen LogP contribution in [0.25, 0.3) is 0 Å². The topological polar surface area (TPSA) is 69.4 Å². The zero-order valence-electron chi connectivity index (χ0n) is 7.11. The number of aromatic nitrogens is 1. The van der Waals surface area contributed by atoms with E-state index in [9.17, 15) is 17.2 Å². The normalized spacial score (nSPS) is 12.3. The van der Waals surface area contributed by atoms with E-state index in [0.717, 1.165) is 12.3 Å². The van der Waals surface area contributed by atoms with Crippen molar-refractivity contribution in [1.82, 2.24) is 5.16 Å². The van der Waals surface area contributed by atoms with Crippen LogP contribution in [-0.4, -0.2) is 19.8 Å². The quantitative estimate of drug-likeness (QED) is 0.720. The molecular weight excluding hydrogens is 220 g/mol. The number of hydrogen-bond acceptors (Lipinski definition) is 5. The van der Waals surface area contributed by atoms with E-state index in [-0.39, 0.29) is 5.69 Å². The van der Waals surface area contributed by atoms with Gasteiger partial charge in [-0.1, -0.05) is 5.16 Å². The first-order valence-corrected chi connectivity index (χ1v) is 5.28. The third-order valence-corrected chi connectivity index (χ3v) is 1.76. The maximum Gasteiger partial charge on any atom is 0.298 e. The van der Waals surface area contributed by atoms with Crippen LogP contribution in [-0.2, 0) is 20.9 Å². The minimum atomic E-state index is -3.60. The largest absolute Gasteiger partial charge is 0.355 e. The Bertz CT molecular complexity index is 400. The van der Waals surface area contributed by atoms with Gasteiger partial charge in [0.05, 0.1) is 6.26 Å². The van der Waals surface area contributed by atoms with Gasteiger partial charge in [-0.3, -0.25) is 4.18 Å². The summed E-state index contributed by atoms with van der Waals surface area (Å²) in [7, 11) is -3.60. The lowest BCUT2D eigenvalue weighted by atomic mass is 10.4. The highest BCUT2D eigenvalue weighted by molar-refractivity contribution is 7.85. The molecule has 1 heterocycles. The van der Waals surface area contributed by atoms with Crippen LogP contribution in [0.2, 0.25) is 0 Å². The van der Waals surface area contributed by atoms with Crippen molar-refractivity contribution < 1.29 is 25.9 Å². The lowest BCUT2D eigenvalue weighted by Crippen LogP contribution is -2.02. The second-order valence-corrected chi connectivity index (χ2v) is 4.13. The summed E-state index contributed by atoms with van der Waals surface area (Å²) >= 11 is 0. The molecule has 0 saturated carbocycles. The summed E-state index contributed by atoms with van der Waals surface area (Å²) in [6.07, 6.45) is -1.92. The molecule has 0 spiro atoms. The van der Waals surface area contributed by atoms with Gasteiger partial charge in [-0.2, -0.15) is 8.42 Å². The number of alkyl halides is 2. The van der Waals surface area contributed by atoms with Crippen LogP contribution in [0, 0.1) is 0 Å². The molecule has 0 fully saturated rings. The molecule has 0 unspecified atom stereocenters. The molecule has 0 bridgehead atoms. The summed E-state index contributed by atoms with van der Waals surface area (Å²) < 4.78 is 53.5. The van der Waals surface area contributed by atoms with Crippen LogP contribution in [0.15, 0.2) is 10.6 Å². The van der Waals surface area contributed by atoms with Crippen molar-refractivity contribution in [3.05, 3.63) is 17.5 Å². The summed E-state index contributed by atoms with van der Waals surface area (Å²) in [4.78, 5) is 0. The zero-order chi connectivity index (χ0) is 10.8. The number of rotatable bonds is 4. The van der Waals surface area contributed by atoms with Crippen molar-refractivity contribution in [2.75, 3.05) is 6.26 Å². The number of nitrogens with zero attached hydrogens (tertiary/aromatic N) is 1. The van der Waals surface area contributed by atoms with Gasteiger partial charge >= 0.3 is 0 Å². The first kappa shape index (κ1) is 11.1. The molecule has 0 amide bonds. The molecule has 80 valence electrons. The molecule has 0 aliphatic carbocycles. The second-order valence-electron chi connectivity index (χ2n) is 2.49. The minimum absolute atomic E-state index is 0.00530. The molecule has 8 heteroatoms. The van der Waals surface area contributed by atoms with E-state index >= 15 is 0 Å². The van der Waals surface area contributed by atoms with Crippen LogP contribution in [0.5, 0.6) is 0 Å². The Morgan fingerprint density at radius 3 is 2.71 bits per heavy atom. The fourth-order valence-corrected chi connectivity index (χ4v) is 1.00. The van der Waals surface area contributed by atoms with Gasteiger partial charge < -0.3 is 4.52 Å². The van der Waals surface area contributed by atoms with Crippen molar-refractivity contribution in [2.45, 2.75) is 13.0 Å².